The molecule has 0 spiro atoms. The SMILES string of the molecule is CNCCCN(C)Cc1ncc(C)c([N+](=O)[O-])c1C. The van der Waals surface area contributed by atoms with Crippen molar-refractivity contribution < 1.29 is 4.92 Å². The normalized spacial score (nSPS) is 11.0. The number of aryl methyl sites for hydroxylation is 1. The summed E-state index contributed by atoms with van der Waals surface area (Å²) in [7, 11) is 3.93. The molecule has 0 aliphatic heterocycles. The third-order valence-corrected chi connectivity index (χ3v) is 3.14. The Hall–Kier alpha value is -1.53. The molecule has 19 heavy (non-hydrogen) atoms. The highest BCUT2D eigenvalue weighted by atomic mass is 16.6. The quantitative estimate of drug-likeness (QED) is 0.461. The minimum Gasteiger partial charge on any atom is -0.320 e. The van der Waals surface area contributed by atoms with Crippen LogP contribution in [-0.4, -0.2) is 42.0 Å². The van der Waals surface area contributed by atoms with E-state index in [0.29, 0.717) is 17.7 Å². The number of aromatic nitrogens is 1. The summed E-state index contributed by atoms with van der Waals surface area (Å²) in [6.45, 7) is 6.03. The summed E-state index contributed by atoms with van der Waals surface area (Å²) in [5, 5.41) is 14.1. The van der Waals surface area contributed by atoms with Crippen LogP contribution in [0.15, 0.2) is 6.20 Å². The average molecular weight is 266 g/mol. The summed E-state index contributed by atoms with van der Waals surface area (Å²) < 4.78 is 0. The lowest BCUT2D eigenvalue weighted by Crippen LogP contribution is -2.23. The van der Waals surface area contributed by atoms with Crippen molar-refractivity contribution in [2.45, 2.75) is 26.8 Å². The molecule has 6 heteroatoms. The van der Waals surface area contributed by atoms with Crippen molar-refractivity contribution >= 4 is 5.69 Å². The van der Waals surface area contributed by atoms with E-state index >= 15 is 0 Å². The Balaban J connectivity index is 2.79. The van der Waals surface area contributed by atoms with Crippen LogP contribution in [0.1, 0.15) is 23.2 Å². The highest BCUT2D eigenvalue weighted by Crippen LogP contribution is 2.24. The van der Waals surface area contributed by atoms with Crippen LogP contribution in [0, 0.1) is 24.0 Å². The van der Waals surface area contributed by atoms with Gasteiger partial charge in [-0.25, -0.2) is 0 Å². The van der Waals surface area contributed by atoms with Gasteiger partial charge in [0.2, 0.25) is 0 Å². The van der Waals surface area contributed by atoms with Gasteiger partial charge in [-0.2, -0.15) is 0 Å². The molecule has 0 radical (unpaired) electrons. The van der Waals surface area contributed by atoms with Gasteiger partial charge in [0, 0.05) is 23.9 Å². The van der Waals surface area contributed by atoms with E-state index in [1.54, 1.807) is 20.0 Å². The van der Waals surface area contributed by atoms with Crippen molar-refractivity contribution in [2.75, 3.05) is 27.2 Å². The molecule has 0 aliphatic carbocycles. The van der Waals surface area contributed by atoms with E-state index in [4.69, 9.17) is 0 Å². The number of pyridine rings is 1. The fraction of sp³-hybridized carbons (Fsp3) is 0.615. The van der Waals surface area contributed by atoms with Gasteiger partial charge >= 0.3 is 0 Å². The number of rotatable bonds is 7. The number of nitrogens with one attached hydrogen (secondary N) is 1. The van der Waals surface area contributed by atoms with Gasteiger partial charge in [-0.1, -0.05) is 0 Å². The molecule has 1 N–H and O–H groups in total. The summed E-state index contributed by atoms with van der Waals surface area (Å²) in [5.41, 5.74) is 2.26. The van der Waals surface area contributed by atoms with Gasteiger partial charge in [0.05, 0.1) is 10.6 Å². The Morgan fingerprint density at radius 3 is 2.74 bits per heavy atom. The molecule has 1 aromatic heterocycles. The predicted molar refractivity (Wildman–Crippen MR) is 75.2 cm³/mol. The number of hydrogen-bond donors (Lipinski definition) is 1. The highest BCUT2D eigenvalue weighted by Gasteiger charge is 2.19. The van der Waals surface area contributed by atoms with E-state index in [9.17, 15) is 10.1 Å². The lowest BCUT2D eigenvalue weighted by molar-refractivity contribution is -0.386. The van der Waals surface area contributed by atoms with Crippen LogP contribution in [0.4, 0.5) is 5.69 Å². The van der Waals surface area contributed by atoms with Gasteiger partial charge in [-0.3, -0.25) is 15.1 Å². The van der Waals surface area contributed by atoms with E-state index in [0.717, 1.165) is 25.2 Å². The van der Waals surface area contributed by atoms with Crippen LogP contribution in [-0.2, 0) is 6.54 Å². The van der Waals surface area contributed by atoms with Crippen LogP contribution in [0.25, 0.3) is 0 Å². The molecule has 0 bridgehead atoms. The van der Waals surface area contributed by atoms with E-state index in [-0.39, 0.29) is 10.6 Å². The van der Waals surface area contributed by atoms with Crippen molar-refractivity contribution in [3.05, 3.63) is 33.1 Å². The molecule has 0 aliphatic rings. The van der Waals surface area contributed by atoms with Crippen LogP contribution in [0.3, 0.4) is 0 Å². The van der Waals surface area contributed by atoms with E-state index in [2.05, 4.69) is 15.2 Å². The van der Waals surface area contributed by atoms with Crippen LogP contribution >= 0.6 is 0 Å². The monoisotopic (exact) mass is 266 g/mol. The number of nitrogens with zero attached hydrogens (tertiary/aromatic N) is 3. The number of nitro groups is 1. The van der Waals surface area contributed by atoms with Crippen molar-refractivity contribution in [2.24, 2.45) is 0 Å². The summed E-state index contributed by atoms with van der Waals surface area (Å²) in [5.74, 6) is 0. The van der Waals surface area contributed by atoms with Gasteiger partial charge in [0.1, 0.15) is 0 Å². The molecule has 0 saturated heterocycles. The maximum absolute atomic E-state index is 11.0. The number of hydrogen-bond acceptors (Lipinski definition) is 5. The van der Waals surface area contributed by atoms with E-state index < -0.39 is 0 Å². The van der Waals surface area contributed by atoms with Crippen molar-refractivity contribution in [3.8, 4) is 0 Å². The second-order valence-corrected chi connectivity index (χ2v) is 4.81. The first-order valence-electron chi connectivity index (χ1n) is 6.40. The summed E-state index contributed by atoms with van der Waals surface area (Å²) in [6, 6.07) is 0. The van der Waals surface area contributed by atoms with Gasteiger partial charge in [-0.05, 0) is 47.5 Å². The second kappa shape index (κ2) is 7.16. The van der Waals surface area contributed by atoms with Gasteiger partial charge in [0.15, 0.2) is 0 Å². The maximum atomic E-state index is 11.0. The Morgan fingerprint density at radius 1 is 1.47 bits per heavy atom. The van der Waals surface area contributed by atoms with Gasteiger partial charge in [-0.15, -0.1) is 0 Å². The first-order valence-corrected chi connectivity index (χ1v) is 6.40. The molecule has 1 aromatic rings. The first kappa shape index (κ1) is 15.5. The summed E-state index contributed by atoms with van der Waals surface area (Å²) >= 11 is 0. The molecule has 6 nitrogen and oxygen atoms in total. The molecule has 1 rings (SSSR count). The largest absolute Gasteiger partial charge is 0.320 e. The third kappa shape index (κ3) is 4.25. The molecule has 0 atom stereocenters. The van der Waals surface area contributed by atoms with Crippen molar-refractivity contribution in [1.82, 2.24) is 15.2 Å². The summed E-state index contributed by atoms with van der Waals surface area (Å²) in [4.78, 5) is 17.2. The minimum atomic E-state index is -0.323. The fourth-order valence-corrected chi connectivity index (χ4v) is 2.07. The Kier molecular flexibility index (Phi) is 5.85. The second-order valence-electron chi connectivity index (χ2n) is 4.81. The molecule has 0 saturated carbocycles. The molecular weight excluding hydrogens is 244 g/mol. The Bertz CT molecular complexity index is 449. The predicted octanol–water partition coefficient (Wildman–Crippen LogP) is 1.65. The molecule has 0 amide bonds. The average Bonchev–Trinajstić information content (AvgIpc) is 2.33. The van der Waals surface area contributed by atoms with Gasteiger partial charge in [0.25, 0.3) is 5.69 Å². The van der Waals surface area contributed by atoms with Crippen molar-refractivity contribution in [3.63, 3.8) is 0 Å². The highest BCUT2D eigenvalue weighted by molar-refractivity contribution is 5.47. The zero-order valence-corrected chi connectivity index (χ0v) is 12.1. The van der Waals surface area contributed by atoms with Crippen LogP contribution < -0.4 is 5.32 Å². The standard InChI is InChI=1S/C13H22N4O2/c1-10-8-15-12(11(2)13(10)17(18)19)9-16(4)7-5-6-14-3/h8,14H,5-7,9H2,1-4H3. The maximum Gasteiger partial charge on any atom is 0.278 e. The Labute approximate surface area is 114 Å². The van der Waals surface area contributed by atoms with Crippen molar-refractivity contribution in [1.29, 1.82) is 0 Å². The minimum absolute atomic E-state index is 0.189. The molecule has 106 valence electrons. The molecule has 0 fully saturated rings. The van der Waals surface area contributed by atoms with Crippen LogP contribution in [0.5, 0.6) is 0 Å². The molecular formula is C13H22N4O2. The summed E-state index contributed by atoms with van der Waals surface area (Å²) in [6.07, 6.45) is 2.63. The van der Waals surface area contributed by atoms with Crippen LogP contribution in [0.2, 0.25) is 0 Å². The zero-order valence-electron chi connectivity index (χ0n) is 12.1. The zero-order chi connectivity index (χ0) is 14.4. The van der Waals surface area contributed by atoms with E-state index in [1.807, 2.05) is 14.1 Å². The molecule has 1 heterocycles. The Morgan fingerprint density at radius 2 is 2.16 bits per heavy atom. The van der Waals surface area contributed by atoms with Gasteiger partial charge < -0.3 is 10.2 Å². The smallest absolute Gasteiger partial charge is 0.278 e. The third-order valence-electron chi connectivity index (χ3n) is 3.14. The van der Waals surface area contributed by atoms with E-state index in [1.165, 1.54) is 0 Å². The lowest BCUT2D eigenvalue weighted by atomic mass is 10.1. The topological polar surface area (TPSA) is 71.3 Å². The lowest BCUT2D eigenvalue weighted by Gasteiger charge is -2.17. The first-order chi connectivity index (χ1) is 8.97. The molecule has 0 unspecified atom stereocenters. The fourth-order valence-electron chi connectivity index (χ4n) is 2.07. The molecule has 0 aromatic carbocycles.